The van der Waals surface area contributed by atoms with Crippen LogP contribution in [0, 0.1) is 0 Å². The summed E-state index contributed by atoms with van der Waals surface area (Å²) in [6, 6.07) is 6.15. The van der Waals surface area contributed by atoms with Gasteiger partial charge in [-0.15, -0.1) is 18.3 Å². The van der Waals surface area contributed by atoms with E-state index in [0.29, 0.717) is 0 Å². The minimum atomic E-state index is -0.417. The van der Waals surface area contributed by atoms with Crippen LogP contribution in [0.4, 0.5) is 0 Å². The van der Waals surface area contributed by atoms with Gasteiger partial charge in [0.2, 0.25) is 0 Å². The van der Waals surface area contributed by atoms with Crippen LogP contribution in [-0.2, 0) is 20.4 Å². The SMILES string of the molecule is CC(C)[O-].CC(C)[O-].CC(C)[O-].CCCCC[CH2][Ti+3].Oc1ccccc1O. The zero-order valence-corrected chi connectivity index (χ0v) is 19.8. The first-order valence-corrected chi connectivity index (χ1v) is 10.6. The summed E-state index contributed by atoms with van der Waals surface area (Å²) in [7, 11) is 0. The van der Waals surface area contributed by atoms with Crippen molar-refractivity contribution in [1.29, 1.82) is 0 Å². The van der Waals surface area contributed by atoms with Gasteiger partial charge >= 0.3 is 57.8 Å². The van der Waals surface area contributed by atoms with Gasteiger partial charge in [0.1, 0.15) is 0 Å². The van der Waals surface area contributed by atoms with E-state index in [9.17, 15) is 15.3 Å². The number of aromatic hydroxyl groups is 2. The number of phenolic OH excluding ortho intramolecular Hbond substituents is 2. The second-order valence-electron chi connectivity index (χ2n) is 6.45. The van der Waals surface area contributed by atoms with Crippen molar-refractivity contribution in [1.82, 2.24) is 0 Å². The molecule has 0 saturated heterocycles. The Bertz CT molecular complexity index is 324. The number of hydrogen-bond acceptors (Lipinski definition) is 5. The molecule has 1 rings (SSSR count). The molecule has 1 aromatic rings. The fraction of sp³-hybridized carbons (Fsp3) is 0.714. The molecule has 0 fully saturated rings. The van der Waals surface area contributed by atoms with E-state index in [1.54, 1.807) is 53.7 Å². The summed E-state index contributed by atoms with van der Waals surface area (Å²) in [6.07, 6.45) is 4.40. The minimum absolute atomic E-state index is 0.0764. The van der Waals surface area contributed by atoms with Crippen LogP contribution in [0.15, 0.2) is 24.3 Å². The zero-order valence-electron chi connectivity index (χ0n) is 18.2. The smallest absolute Gasteiger partial charge is 0.157 e. The van der Waals surface area contributed by atoms with Gasteiger partial charge in [-0.2, -0.15) is 0 Å². The molecule has 0 atom stereocenters. The van der Waals surface area contributed by atoms with Gasteiger partial charge in [0.25, 0.3) is 0 Å². The Morgan fingerprint density at radius 3 is 1.22 bits per heavy atom. The standard InChI is InChI=1S/C6H6O2.C6H13.3C3H7O.Ti/c7-5-3-1-2-4-6(5)8;1-3-5-6-4-2;3*1-3(2)4;/h1-4,7-8H;1,3-6H2,2H3;3*3H,1-2H3;/q;;3*-1;+3. The summed E-state index contributed by atoms with van der Waals surface area (Å²) in [5.41, 5.74) is 0. The number of unbranched alkanes of at least 4 members (excludes halogenated alkanes) is 3. The predicted molar refractivity (Wildman–Crippen MR) is 104 cm³/mol. The van der Waals surface area contributed by atoms with E-state index in [-0.39, 0.29) is 11.5 Å². The summed E-state index contributed by atoms with van der Waals surface area (Å²) in [5.74, 6) is -0.153. The molecule has 0 unspecified atom stereocenters. The Hall–Kier alpha value is -0.586. The van der Waals surface area contributed by atoms with Crippen LogP contribution >= 0.6 is 0 Å². The van der Waals surface area contributed by atoms with Crippen LogP contribution in [0.25, 0.3) is 0 Å². The van der Waals surface area contributed by atoms with Crippen molar-refractivity contribution in [2.75, 3.05) is 0 Å². The average molecular weight is 420 g/mol. The molecule has 0 spiro atoms. The predicted octanol–water partition coefficient (Wildman–Crippen LogP) is 2.89. The quantitative estimate of drug-likeness (QED) is 0.442. The van der Waals surface area contributed by atoms with Crippen LogP contribution < -0.4 is 15.3 Å². The molecule has 6 heteroatoms. The largest absolute Gasteiger partial charge is 0.504 e. The minimum Gasteiger partial charge on any atom is -0.504 e. The zero-order chi connectivity index (χ0) is 22.3. The second-order valence-corrected chi connectivity index (χ2v) is 7.23. The summed E-state index contributed by atoms with van der Waals surface area (Å²) in [6.45, 7) is 11.9. The fourth-order valence-electron chi connectivity index (χ4n) is 1.02. The molecule has 5 nitrogen and oxygen atoms in total. The molecule has 0 aromatic heterocycles. The third-order valence-electron chi connectivity index (χ3n) is 1.91. The van der Waals surface area contributed by atoms with Crippen LogP contribution in [0.3, 0.4) is 0 Å². The molecule has 158 valence electrons. The molecule has 1 aromatic carbocycles. The number of benzene rings is 1. The number of para-hydroxylation sites is 2. The Kier molecular flexibility index (Phi) is 34.8. The molecule has 0 saturated carbocycles. The normalized spacial score (nSPS) is 9.15. The summed E-state index contributed by atoms with van der Waals surface area (Å²) < 4.78 is 1.36. The molecular formula is C21H40O5Ti. The molecule has 0 amide bonds. The van der Waals surface area contributed by atoms with Gasteiger partial charge < -0.3 is 25.5 Å². The van der Waals surface area contributed by atoms with Crippen molar-refractivity contribution in [3.63, 3.8) is 0 Å². The van der Waals surface area contributed by atoms with E-state index in [4.69, 9.17) is 10.2 Å². The van der Waals surface area contributed by atoms with E-state index < -0.39 is 18.3 Å². The van der Waals surface area contributed by atoms with Gasteiger partial charge in [-0.1, -0.05) is 53.7 Å². The third-order valence-corrected chi connectivity index (χ3v) is 2.46. The van der Waals surface area contributed by atoms with Crippen molar-refractivity contribution < 1.29 is 46.0 Å². The van der Waals surface area contributed by atoms with Crippen LogP contribution in [0.2, 0.25) is 4.73 Å². The topological polar surface area (TPSA) is 110 Å². The summed E-state index contributed by atoms with van der Waals surface area (Å²) in [5, 5.41) is 45.9. The number of phenols is 2. The first kappa shape index (κ1) is 34.0. The Labute approximate surface area is 178 Å². The molecule has 0 aliphatic rings. The number of hydrogen-bond donors (Lipinski definition) is 2. The van der Waals surface area contributed by atoms with Gasteiger partial charge in [-0.05, 0) is 12.1 Å². The van der Waals surface area contributed by atoms with Crippen molar-refractivity contribution in [2.45, 2.75) is 97.2 Å². The first-order valence-electron chi connectivity index (χ1n) is 9.51. The molecule has 0 aliphatic heterocycles. The second kappa shape index (κ2) is 27.6. The maximum Gasteiger partial charge on any atom is 0.157 e. The molecule has 0 aliphatic carbocycles. The monoisotopic (exact) mass is 420 g/mol. The van der Waals surface area contributed by atoms with E-state index in [1.165, 1.54) is 42.5 Å². The van der Waals surface area contributed by atoms with Crippen LogP contribution in [0.1, 0.15) is 74.1 Å². The maximum absolute atomic E-state index is 9.53. The Balaban J connectivity index is -0.000000128. The first-order chi connectivity index (χ1) is 12.4. The van der Waals surface area contributed by atoms with Crippen molar-refractivity contribution >= 4 is 0 Å². The van der Waals surface area contributed by atoms with Crippen LogP contribution in [-0.4, -0.2) is 28.5 Å². The molecule has 2 N–H and O–H groups in total. The van der Waals surface area contributed by atoms with Crippen molar-refractivity contribution in [3.05, 3.63) is 24.3 Å². The van der Waals surface area contributed by atoms with Gasteiger partial charge in [-0.3, -0.25) is 0 Å². The maximum atomic E-state index is 9.53. The van der Waals surface area contributed by atoms with Crippen LogP contribution in [0.5, 0.6) is 11.5 Å². The summed E-state index contributed by atoms with van der Waals surface area (Å²) >= 11 is 2.25. The molecular weight excluding hydrogens is 380 g/mol. The third kappa shape index (κ3) is 67.1. The van der Waals surface area contributed by atoms with Crippen molar-refractivity contribution in [3.8, 4) is 11.5 Å². The van der Waals surface area contributed by atoms with Crippen molar-refractivity contribution in [2.24, 2.45) is 0 Å². The number of rotatable bonds is 4. The van der Waals surface area contributed by atoms with Gasteiger partial charge in [0.05, 0.1) is 0 Å². The van der Waals surface area contributed by atoms with Gasteiger partial charge in [0.15, 0.2) is 11.5 Å². The fourth-order valence-corrected chi connectivity index (χ4v) is 1.41. The molecule has 0 heterocycles. The average Bonchev–Trinajstić information content (AvgIpc) is 2.50. The molecule has 0 radical (unpaired) electrons. The Morgan fingerprint density at radius 1 is 0.741 bits per heavy atom. The van der Waals surface area contributed by atoms with E-state index in [0.717, 1.165) is 0 Å². The van der Waals surface area contributed by atoms with Gasteiger partial charge in [0, 0.05) is 0 Å². The van der Waals surface area contributed by atoms with E-state index in [2.05, 4.69) is 27.4 Å². The van der Waals surface area contributed by atoms with Gasteiger partial charge in [-0.25, -0.2) is 0 Å². The molecule has 27 heavy (non-hydrogen) atoms. The van der Waals surface area contributed by atoms with E-state index in [1.807, 2.05) is 0 Å². The molecule has 0 bridgehead atoms. The van der Waals surface area contributed by atoms with E-state index >= 15 is 0 Å². The Morgan fingerprint density at radius 2 is 1.04 bits per heavy atom. The summed E-state index contributed by atoms with van der Waals surface area (Å²) in [4.78, 5) is 0.